The smallest absolute Gasteiger partial charge is 0.253 e. The van der Waals surface area contributed by atoms with Gasteiger partial charge in [0.05, 0.1) is 28.3 Å². The second-order valence-corrected chi connectivity index (χ2v) is 8.63. The lowest BCUT2D eigenvalue weighted by atomic mass is 10.1. The first-order valence-corrected chi connectivity index (χ1v) is 11.2. The van der Waals surface area contributed by atoms with Gasteiger partial charge in [-0.1, -0.05) is 47.1 Å². The maximum atomic E-state index is 12.4. The summed E-state index contributed by atoms with van der Waals surface area (Å²) < 4.78 is 1.78. The standard InChI is InChI=1S/C25H19ClN6O/c26-20-13-16(6-9-19(20)25(33)28-18-7-8-18)21-10-11-22-24(29-21)32(31-30-22)14-17-4-1-3-15-5-2-12-27-23(15)17/h1-6,9-13,18H,7-8,14H2,(H,28,33). The first kappa shape index (κ1) is 19.8. The van der Waals surface area contributed by atoms with E-state index in [1.165, 1.54) is 0 Å². The molecule has 2 aromatic carbocycles. The summed E-state index contributed by atoms with van der Waals surface area (Å²) in [5, 5.41) is 13.0. The van der Waals surface area contributed by atoms with Crippen LogP contribution in [0.3, 0.4) is 0 Å². The number of rotatable bonds is 5. The molecular weight excluding hydrogens is 436 g/mol. The number of pyridine rings is 2. The molecule has 162 valence electrons. The highest BCUT2D eigenvalue weighted by Gasteiger charge is 2.24. The average molecular weight is 455 g/mol. The summed E-state index contributed by atoms with van der Waals surface area (Å²) in [6.07, 6.45) is 3.85. The predicted molar refractivity (Wildman–Crippen MR) is 127 cm³/mol. The van der Waals surface area contributed by atoms with Crippen LogP contribution >= 0.6 is 11.6 Å². The van der Waals surface area contributed by atoms with Gasteiger partial charge in [0.25, 0.3) is 5.91 Å². The van der Waals surface area contributed by atoms with E-state index in [-0.39, 0.29) is 11.9 Å². The number of carbonyl (C=O) groups excluding carboxylic acids is 1. The summed E-state index contributed by atoms with van der Waals surface area (Å²) in [5.41, 5.74) is 5.39. The van der Waals surface area contributed by atoms with E-state index in [9.17, 15) is 4.79 Å². The normalized spacial score (nSPS) is 13.5. The monoisotopic (exact) mass is 454 g/mol. The number of amides is 1. The van der Waals surface area contributed by atoms with Crippen molar-refractivity contribution in [2.24, 2.45) is 0 Å². The number of halogens is 1. The van der Waals surface area contributed by atoms with Gasteiger partial charge in [0, 0.05) is 23.2 Å². The molecule has 8 heteroatoms. The molecule has 3 heterocycles. The van der Waals surface area contributed by atoms with Crippen LogP contribution < -0.4 is 5.32 Å². The fourth-order valence-electron chi connectivity index (χ4n) is 3.93. The number of benzene rings is 2. The second kappa shape index (κ2) is 7.94. The van der Waals surface area contributed by atoms with Gasteiger partial charge < -0.3 is 5.32 Å². The minimum absolute atomic E-state index is 0.136. The first-order valence-electron chi connectivity index (χ1n) is 10.8. The Labute approximate surface area is 194 Å². The number of fused-ring (bicyclic) bond motifs is 2. The summed E-state index contributed by atoms with van der Waals surface area (Å²) >= 11 is 6.44. The van der Waals surface area contributed by atoms with Crippen LogP contribution in [0.4, 0.5) is 0 Å². The number of hydrogen-bond donors (Lipinski definition) is 1. The van der Waals surface area contributed by atoms with Crippen LogP contribution in [-0.4, -0.2) is 36.9 Å². The van der Waals surface area contributed by atoms with Crippen molar-refractivity contribution in [3.8, 4) is 11.3 Å². The Kier molecular flexibility index (Phi) is 4.77. The number of nitrogens with one attached hydrogen (secondary N) is 1. The van der Waals surface area contributed by atoms with Gasteiger partial charge in [-0.2, -0.15) is 0 Å². The van der Waals surface area contributed by atoms with Gasteiger partial charge in [0.1, 0.15) is 5.52 Å². The molecule has 0 saturated heterocycles. The lowest BCUT2D eigenvalue weighted by Crippen LogP contribution is -2.25. The molecule has 7 nitrogen and oxygen atoms in total. The van der Waals surface area contributed by atoms with Crippen molar-refractivity contribution in [3.05, 3.63) is 83.0 Å². The van der Waals surface area contributed by atoms with Crippen molar-refractivity contribution in [1.29, 1.82) is 0 Å². The Morgan fingerprint density at radius 3 is 2.82 bits per heavy atom. The molecule has 5 aromatic rings. The van der Waals surface area contributed by atoms with E-state index >= 15 is 0 Å². The molecule has 1 amide bonds. The Morgan fingerprint density at radius 1 is 1.09 bits per heavy atom. The van der Waals surface area contributed by atoms with Crippen LogP contribution in [0.25, 0.3) is 33.3 Å². The number of nitrogens with zero attached hydrogens (tertiary/aromatic N) is 5. The van der Waals surface area contributed by atoms with E-state index < -0.39 is 0 Å². The third kappa shape index (κ3) is 3.81. The van der Waals surface area contributed by atoms with Crippen molar-refractivity contribution >= 4 is 39.6 Å². The number of aromatic nitrogens is 5. The van der Waals surface area contributed by atoms with Crippen LogP contribution in [0.1, 0.15) is 28.8 Å². The summed E-state index contributed by atoms with van der Waals surface area (Å²) in [6, 6.07) is 19.5. The highest BCUT2D eigenvalue weighted by molar-refractivity contribution is 6.34. The zero-order valence-corrected chi connectivity index (χ0v) is 18.3. The second-order valence-electron chi connectivity index (χ2n) is 8.22. The number of carbonyl (C=O) groups is 1. The molecule has 1 N–H and O–H groups in total. The average Bonchev–Trinajstić information content (AvgIpc) is 3.57. The van der Waals surface area contributed by atoms with Crippen LogP contribution in [0.15, 0.2) is 66.9 Å². The van der Waals surface area contributed by atoms with Crippen molar-refractivity contribution in [3.63, 3.8) is 0 Å². The van der Waals surface area contributed by atoms with E-state index in [1.54, 1.807) is 23.0 Å². The maximum absolute atomic E-state index is 12.4. The van der Waals surface area contributed by atoms with Crippen molar-refractivity contribution < 1.29 is 4.79 Å². The molecule has 3 aromatic heterocycles. The van der Waals surface area contributed by atoms with E-state index in [0.29, 0.717) is 28.3 Å². The van der Waals surface area contributed by atoms with Gasteiger partial charge in [0.2, 0.25) is 0 Å². The van der Waals surface area contributed by atoms with Gasteiger partial charge in [-0.05, 0) is 48.7 Å². The predicted octanol–water partition coefficient (Wildman–Crippen LogP) is 4.64. The van der Waals surface area contributed by atoms with Crippen molar-refractivity contribution in [2.75, 3.05) is 0 Å². The van der Waals surface area contributed by atoms with Gasteiger partial charge in [-0.15, -0.1) is 5.10 Å². The molecule has 1 fully saturated rings. The molecule has 1 aliphatic carbocycles. The van der Waals surface area contributed by atoms with E-state index in [0.717, 1.165) is 40.6 Å². The lowest BCUT2D eigenvalue weighted by Gasteiger charge is -2.09. The molecule has 1 aliphatic rings. The minimum Gasteiger partial charge on any atom is -0.349 e. The third-order valence-corrected chi connectivity index (χ3v) is 6.13. The number of para-hydroxylation sites is 1. The van der Waals surface area contributed by atoms with Gasteiger partial charge in [-0.25, -0.2) is 9.67 Å². The molecule has 0 unspecified atom stereocenters. The maximum Gasteiger partial charge on any atom is 0.253 e. The summed E-state index contributed by atoms with van der Waals surface area (Å²) in [5.74, 6) is -0.136. The molecule has 0 bridgehead atoms. The molecule has 0 radical (unpaired) electrons. The molecule has 0 spiro atoms. The quantitative estimate of drug-likeness (QED) is 0.418. The highest BCUT2D eigenvalue weighted by Crippen LogP contribution is 2.27. The Morgan fingerprint density at radius 2 is 1.97 bits per heavy atom. The fraction of sp³-hybridized carbons (Fsp3) is 0.160. The molecule has 6 rings (SSSR count). The highest BCUT2D eigenvalue weighted by atomic mass is 35.5. The Hall–Kier alpha value is -3.84. The fourth-order valence-corrected chi connectivity index (χ4v) is 4.19. The summed E-state index contributed by atoms with van der Waals surface area (Å²) in [6.45, 7) is 0.502. The summed E-state index contributed by atoms with van der Waals surface area (Å²) in [7, 11) is 0. The van der Waals surface area contributed by atoms with Crippen LogP contribution in [-0.2, 0) is 6.54 Å². The Balaban J connectivity index is 1.34. The zero-order valence-electron chi connectivity index (χ0n) is 17.6. The first-order chi connectivity index (χ1) is 16.2. The zero-order chi connectivity index (χ0) is 22.4. The summed E-state index contributed by atoms with van der Waals surface area (Å²) in [4.78, 5) is 21.7. The Bertz CT molecular complexity index is 1520. The molecule has 0 atom stereocenters. The van der Waals surface area contributed by atoms with Crippen LogP contribution in [0.5, 0.6) is 0 Å². The number of hydrogen-bond acceptors (Lipinski definition) is 5. The van der Waals surface area contributed by atoms with Gasteiger partial charge in [-0.3, -0.25) is 9.78 Å². The van der Waals surface area contributed by atoms with Crippen LogP contribution in [0.2, 0.25) is 5.02 Å². The van der Waals surface area contributed by atoms with E-state index in [2.05, 4.69) is 20.6 Å². The minimum atomic E-state index is -0.136. The molecule has 0 aliphatic heterocycles. The van der Waals surface area contributed by atoms with Crippen molar-refractivity contribution in [2.45, 2.75) is 25.4 Å². The molecule has 1 saturated carbocycles. The lowest BCUT2D eigenvalue weighted by molar-refractivity contribution is 0.0951. The van der Waals surface area contributed by atoms with Gasteiger partial charge >= 0.3 is 0 Å². The molecule has 33 heavy (non-hydrogen) atoms. The molecular formula is C25H19ClN6O. The largest absolute Gasteiger partial charge is 0.349 e. The third-order valence-electron chi connectivity index (χ3n) is 5.82. The SMILES string of the molecule is O=C(NC1CC1)c1ccc(-c2ccc3nnn(Cc4cccc5cccnc45)c3n2)cc1Cl. The van der Waals surface area contributed by atoms with E-state index in [1.807, 2.05) is 48.5 Å². The van der Waals surface area contributed by atoms with E-state index in [4.69, 9.17) is 16.6 Å². The van der Waals surface area contributed by atoms with Crippen molar-refractivity contribution in [1.82, 2.24) is 30.3 Å². The topological polar surface area (TPSA) is 85.6 Å². The van der Waals surface area contributed by atoms with Gasteiger partial charge in [0.15, 0.2) is 5.65 Å². The van der Waals surface area contributed by atoms with Crippen LogP contribution in [0, 0.1) is 0 Å².